The van der Waals surface area contributed by atoms with Crippen LogP contribution in [0.3, 0.4) is 0 Å². The Morgan fingerprint density at radius 2 is 1.17 bits per heavy atom. The molecule has 0 unspecified atom stereocenters. The van der Waals surface area contributed by atoms with Gasteiger partial charge in [0.05, 0.1) is 0 Å². The summed E-state index contributed by atoms with van der Waals surface area (Å²) in [6.07, 6.45) is 2.00. The fraction of sp³-hybridized carbons (Fsp3) is 0.667. The smallest absolute Gasteiger partial charge is 2.00 e. The van der Waals surface area contributed by atoms with Crippen molar-refractivity contribution >= 4 is 0 Å². The molecule has 34 valence electrons. The van der Waals surface area contributed by atoms with Crippen molar-refractivity contribution < 1.29 is 44.3 Å². The third-order valence-electron chi connectivity index (χ3n) is 0. The minimum Gasteiger partial charge on any atom is -2.00 e. The third-order valence-corrected chi connectivity index (χ3v) is 0. The van der Waals surface area contributed by atoms with Crippen LogP contribution in [-0.2, 0) is 44.3 Å². The van der Waals surface area contributed by atoms with Gasteiger partial charge in [-0.3, -0.25) is 0 Å². The summed E-state index contributed by atoms with van der Waals surface area (Å²) in [6, 6.07) is 0. The Morgan fingerprint density at radius 1 is 1.17 bits per heavy atom. The van der Waals surface area contributed by atoms with E-state index < -0.39 is 0 Å². The summed E-state index contributed by atoms with van der Waals surface area (Å²) in [4.78, 5) is 0. The predicted molar refractivity (Wildman–Crippen MR) is 16.3 cm³/mol. The van der Waals surface area contributed by atoms with Crippen LogP contribution < -0.4 is 0 Å². The Hall–Kier alpha value is 1.19. The molecule has 0 radical (unpaired) electrons. The molecule has 0 bridgehead atoms. The van der Waals surface area contributed by atoms with Gasteiger partial charge in [0.15, 0.2) is 0 Å². The Balaban J connectivity index is -0.00000000667. The van der Waals surface area contributed by atoms with E-state index in [9.17, 15) is 0 Å². The molecule has 0 spiro atoms. The molecular weight excluding hydrogens is 156 g/mol. The molecule has 0 aromatic carbocycles. The average Bonchev–Trinajstić information content (AvgIpc) is 0.918. The van der Waals surface area contributed by atoms with Gasteiger partial charge in [0.1, 0.15) is 0 Å². The molecule has 0 heterocycles. The Labute approximate surface area is 64.6 Å². The first kappa shape index (κ1) is 27.1. The first-order chi connectivity index (χ1) is 1.41. The Kier molecular flexibility index (Phi) is 157. The summed E-state index contributed by atoms with van der Waals surface area (Å²) in [6.45, 7) is 4.00. The molecule has 0 aliphatic rings. The first-order valence-electron chi connectivity index (χ1n) is 1.15. The zero-order valence-electron chi connectivity index (χ0n) is 3.84. The minimum absolute atomic E-state index is 0. The van der Waals surface area contributed by atoms with Gasteiger partial charge in [-0.05, 0) is 0 Å². The maximum Gasteiger partial charge on any atom is 4.00 e. The van der Waals surface area contributed by atoms with Crippen molar-refractivity contribution in [3.05, 3.63) is 6.42 Å². The molecule has 0 saturated carbocycles. The summed E-state index contributed by atoms with van der Waals surface area (Å²) in [5, 5.41) is 0. The Bertz CT molecular complexity index is 10.8. The molecule has 6 heavy (non-hydrogen) atoms. The van der Waals surface area contributed by atoms with Crippen LogP contribution in [0.4, 0.5) is 0 Å². The van der Waals surface area contributed by atoms with Crippen molar-refractivity contribution in [3.8, 4) is 0 Å². The fourth-order valence-electron chi connectivity index (χ4n) is 0. The van der Waals surface area contributed by atoms with Gasteiger partial charge >= 0.3 is 38.8 Å². The second-order valence-corrected chi connectivity index (χ2v) is 0.577. The second-order valence-electron chi connectivity index (χ2n) is 0.577. The van der Waals surface area contributed by atoms with Crippen LogP contribution in [-0.4, -0.2) is 0 Å². The summed E-state index contributed by atoms with van der Waals surface area (Å²) in [7, 11) is 0. The van der Waals surface area contributed by atoms with Crippen molar-refractivity contribution in [1.29, 1.82) is 0 Å². The maximum atomic E-state index is 2.00. The van der Waals surface area contributed by atoms with Crippen LogP contribution in [0, 0.1) is 6.42 Å². The van der Waals surface area contributed by atoms with Gasteiger partial charge in [-0.15, -0.1) is 0 Å². The van der Waals surface area contributed by atoms with Crippen LogP contribution in [0.5, 0.6) is 0 Å². The number of hydrogen-bond donors (Lipinski definition) is 0. The fourth-order valence-corrected chi connectivity index (χ4v) is 0. The van der Waals surface area contributed by atoms with Gasteiger partial charge in [0.2, 0.25) is 0 Å². The van der Waals surface area contributed by atoms with E-state index in [1.165, 1.54) is 0 Å². The predicted octanol–water partition coefficient (Wildman–Crippen LogP) is 1.11. The van der Waals surface area contributed by atoms with Gasteiger partial charge in [-0.1, -0.05) is 0 Å². The van der Waals surface area contributed by atoms with E-state index in [1.54, 1.807) is 0 Å². The van der Waals surface area contributed by atoms with Crippen LogP contribution in [0.1, 0.15) is 13.8 Å². The van der Waals surface area contributed by atoms with Crippen molar-refractivity contribution in [2.75, 3.05) is 0 Å². The second kappa shape index (κ2) is 34.7. The molecule has 0 amide bonds. The van der Waals surface area contributed by atoms with Crippen molar-refractivity contribution in [1.82, 2.24) is 0 Å². The molecule has 0 rings (SSSR count). The van der Waals surface area contributed by atoms with E-state index in [4.69, 9.17) is 0 Å². The summed E-state index contributed by atoms with van der Waals surface area (Å²) >= 11 is 0. The Morgan fingerprint density at radius 3 is 1.17 bits per heavy atom. The molecule has 0 atom stereocenters. The van der Waals surface area contributed by atoms with E-state index in [-0.39, 0.29) is 44.3 Å². The third kappa shape index (κ3) is 64.1. The molecule has 1 nitrogen and oxygen atoms in total. The molecule has 0 saturated heterocycles. The molecular formula is C3H7FeOTi+3. The molecule has 0 aliphatic carbocycles. The normalized spacial score (nSPS) is 3.00. The van der Waals surface area contributed by atoms with E-state index in [2.05, 4.69) is 0 Å². The zero-order valence-corrected chi connectivity index (χ0v) is 6.50. The summed E-state index contributed by atoms with van der Waals surface area (Å²) < 4.78 is 0. The molecule has 0 aromatic rings. The first-order valence-corrected chi connectivity index (χ1v) is 1.15. The van der Waals surface area contributed by atoms with Crippen LogP contribution in [0.2, 0.25) is 0 Å². The van der Waals surface area contributed by atoms with Crippen molar-refractivity contribution in [2.24, 2.45) is 0 Å². The van der Waals surface area contributed by atoms with Gasteiger partial charge in [-0.25, -0.2) is 0 Å². The van der Waals surface area contributed by atoms with Gasteiger partial charge in [-0.2, -0.15) is 13.8 Å². The van der Waals surface area contributed by atoms with E-state index in [0.717, 1.165) is 0 Å². The van der Waals surface area contributed by atoms with Crippen molar-refractivity contribution in [3.63, 3.8) is 0 Å². The summed E-state index contributed by atoms with van der Waals surface area (Å²) in [5.41, 5.74) is 0. The van der Waals surface area contributed by atoms with Gasteiger partial charge < -0.3 is 11.9 Å². The average molecular weight is 163 g/mol. The molecule has 0 aromatic heterocycles. The summed E-state index contributed by atoms with van der Waals surface area (Å²) in [5.74, 6) is 0. The monoisotopic (exact) mass is 163 g/mol. The number of hydrogen-bond acceptors (Lipinski definition) is 0. The van der Waals surface area contributed by atoms with Gasteiger partial charge in [0, 0.05) is 0 Å². The van der Waals surface area contributed by atoms with Crippen LogP contribution in [0.15, 0.2) is 0 Å². The molecule has 0 aliphatic heterocycles. The van der Waals surface area contributed by atoms with E-state index in [1.807, 2.05) is 20.3 Å². The SMILES string of the molecule is C[CH-]C.[Fe+2].[O-2].[Ti+4]. The van der Waals surface area contributed by atoms with E-state index in [0.29, 0.717) is 0 Å². The van der Waals surface area contributed by atoms with Gasteiger partial charge in [0.25, 0.3) is 0 Å². The topological polar surface area (TPSA) is 28.5 Å². The minimum atomic E-state index is 0. The number of rotatable bonds is 0. The van der Waals surface area contributed by atoms with E-state index >= 15 is 0 Å². The van der Waals surface area contributed by atoms with Crippen LogP contribution in [0.25, 0.3) is 0 Å². The largest absolute Gasteiger partial charge is 4.00 e. The zero-order chi connectivity index (χ0) is 2.71. The molecule has 0 N–H and O–H groups in total. The quantitative estimate of drug-likeness (QED) is 0.377. The maximum absolute atomic E-state index is 2.00. The molecule has 3 heteroatoms. The molecule has 0 fully saturated rings. The standard InChI is InChI=1S/C3H7.Fe.O.Ti/c1-3-2;;;/h3H,1-2H3;;;/q-1;+2;-2;+4. The van der Waals surface area contributed by atoms with Crippen LogP contribution >= 0.6 is 0 Å². The van der Waals surface area contributed by atoms with Crippen molar-refractivity contribution in [2.45, 2.75) is 13.8 Å².